The van der Waals surface area contributed by atoms with Crippen molar-refractivity contribution in [2.45, 2.75) is 38.6 Å². The Morgan fingerprint density at radius 1 is 1.30 bits per heavy atom. The average molecular weight is 362 g/mol. The van der Waals surface area contributed by atoms with Gasteiger partial charge in [0.2, 0.25) is 0 Å². The number of carbonyl (C=O) groups excluding carboxylic acids is 1. The SMILES string of the molecule is CCCN(C)c1ccc(C(=O)NC(C)(CN)C2CC2)cc1.Cl.Cl. The van der Waals surface area contributed by atoms with Crippen LogP contribution in [0.4, 0.5) is 5.69 Å². The summed E-state index contributed by atoms with van der Waals surface area (Å²) < 4.78 is 0. The molecular formula is C17H29Cl2N3O. The minimum absolute atomic E-state index is 0. The van der Waals surface area contributed by atoms with Crippen LogP contribution in [0.25, 0.3) is 0 Å². The lowest BCUT2D eigenvalue weighted by Crippen LogP contribution is -2.53. The van der Waals surface area contributed by atoms with E-state index in [2.05, 4.69) is 24.2 Å². The highest BCUT2D eigenvalue weighted by atomic mass is 35.5. The van der Waals surface area contributed by atoms with Crippen molar-refractivity contribution in [1.82, 2.24) is 5.32 Å². The highest BCUT2D eigenvalue weighted by Crippen LogP contribution is 2.39. The summed E-state index contributed by atoms with van der Waals surface area (Å²) in [6.45, 7) is 5.70. The van der Waals surface area contributed by atoms with Crippen molar-refractivity contribution in [2.75, 3.05) is 25.0 Å². The fraction of sp³-hybridized carbons (Fsp3) is 0.588. The normalized spacial score (nSPS) is 15.7. The number of benzene rings is 1. The van der Waals surface area contributed by atoms with Crippen LogP contribution in [0.3, 0.4) is 0 Å². The monoisotopic (exact) mass is 361 g/mol. The Labute approximate surface area is 152 Å². The van der Waals surface area contributed by atoms with Gasteiger partial charge in [-0.3, -0.25) is 4.79 Å². The molecule has 0 heterocycles. The molecule has 0 aliphatic heterocycles. The van der Waals surface area contributed by atoms with E-state index in [1.54, 1.807) is 0 Å². The molecule has 1 aliphatic carbocycles. The Hall–Kier alpha value is -0.970. The van der Waals surface area contributed by atoms with Crippen LogP contribution in [0, 0.1) is 5.92 Å². The second kappa shape index (κ2) is 9.36. The van der Waals surface area contributed by atoms with Crippen LogP contribution in [0.2, 0.25) is 0 Å². The molecule has 1 aromatic carbocycles. The quantitative estimate of drug-likeness (QED) is 0.783. The lowest BCUT2D eigenvalue weighted by atomic mass is 9.95. The molecule has 1 unspecified atom stereocenters. The first-order valence-corrected chi connectivity index (χ1v) is 7.84. The molecule has 0 aromatic heterocycles. The van der Waals surface area contributed by atoms with Crippen LogP contribution < -0.4 is 16.0 Å². The number of nitrogens with zero attached hydrogens (tertiary/aromatic N) is 1. The van der Waals surface area contributed by atoms with Gasteiger partial charge in [0.1, 0.15) is 0 Å². The number of nitrogens with one attached hydrogen (secondary N) is 1. The summed E-state index contributed by atoms with van der Waals surface area (Å²) in [5, 5.41) is 3.12. The van der Waals surface area contributed by atoms with Crippen molar-refractivity contribution in [3.63, 3.8) is 0 Å². The second-order valence-electron chi connectivity index (χ2n) is 6.32. The maximum Gasteiger partial charge on any atom is 0.251 e. The molecule has 1 atom stereocenters. The van der Waals surface area contributed by atoms with Crippen molar-refractivity contribution >= 4 is 36.4 Å². The van der Waals surface area contributed by atoms with Crippen LogP contribution in [-0.2, 0) is 0 Å². The lowest BCUT2D eigenvalue weighted by molar-refractivity contribution is 0.0898. The van der Waals surface area contributed by atoms with E-state index in [0.717, 1.165) is 31.5 Å². The van der Waals surface area contributed by atoms with Gasteiger partial charge in [0, 0.05) is 31.4 Å². The predicted octanol–water partition coefficient (Wildman–Crippen LogP) is 3.23. The molecule has 3 N–H and O–H groups in total. The third-order valence-electron chi connectivity index (χ3n) is 4.43. The third-order valence-corrected chi connectivity index (χ3v) is 4.43. The minimum atomic E-state index is -0.269. The molecule has 0 radical (unpaired) electrons. The minimum Gasteiger partial charge on any atom is -0.375 e. The van der Waals surface area contributed by atoms with Crippen molar-refractivity contribution in [2.24, 2.45) is 11.7 Å². The molecular weight excluding hydrogens is 333 g/mol. The zero-order chi connectivity index (χ0) is 15.5. The van der Waals surface area contributed by atoms with Crippen LogP contribution in [0.1, 0.15) is 43.5 Å². The zero-order valence-corrected chi connectivity index (χ0v) is 15.8. The fourth-order valence-corrected chi connectivity index (χ4v) is 2.70. The molecule has 2 rings (SSSR count). The Balaban J connectivity index is 0.00000242. The molecule has 132 valence electrons. The van der Waals surface area contributed by atoms with E-state index in [1.807, 2.05) is 31.2 Å². The van der Waals surface area contributed by atoms with E-state index in [9.17, 15) is 4.79 Å². The standard InChI is InChI=1S/C17H27N3O.2ClH/c1-4-11-20(3)15-9-5-13(6-10-15)16(21)19-17(2,12-18)14-7-8-14;;/h5-6,9-10,14H,4,7-8,11-12,18H2,1-3H3,(H,19,21);2*1H. The third kappa shape index (κ3) is 5.55. The molecule has 1 aromatic rings. The Kier molecular flexibility index (Phi) is 8.96. The number of amides is 1. The van der Waals surface area contributed by atoms with Crippen molar-refractivity contribution in [1.29, 1.82) is 0 Å². The van der Waals surface area contributed by atoms with Gasteiger partial charge in [-0.15, -0.1) is 24.8 Å². The first-order chi connectivity index (χ1) is 10.00. The van der Waals surface area contributed by atoms with Gasteiger partial charge in [0.25, 0.3) is 5.91 Å². The van der Waals surface area contributed by atoms with E-state index in [4.69, 9.17) is 5.73 Å². The van der Waals surface area contributed by atoms with Gasteiger partial charge in [-0.05, 0) is 56.4 Å². The first kappa shape index (κ1) is 22.0. The van der Waals surface area contributed by atoms with E-state index < -0.39 is 0 Å². The predicted molar refractivity (Wildman–Crippen MR) is 102 cm³/mol. The number of anilines is 1. The lowest BCUT2D eigenvalue weighted by Gasteiger charge is -2.29. The molecule has 23 heavy (non-hydrogen) atoms. The molecule has 1 fully saturated rings. The Morgan fingerprint density at radius 2 is 1.87 bits per heavy atom. The molecule has 6 heteroatoms. The highest BCUT2D eigenvalue weighted by Gasteiger charge is 2.41. The van der Waals surface area contributed by atoms with Gasteiger partial charge in [-0.25, -0.2) is 0 Å². The van der Waals surface area contributed by atoms with Gasteiger partial charge >= 0.3 is 0 Å². The summed E-state index contributed by atoms with van der Waals surface area (Å²) in [4.78, 5) is 14.6. The van der Waals surface area contributed by atoms with E-state index in [1.165, 1.54) is 0 Å². The average Bonchev–Trinajstić information content (AvgIpc) is 3.32. The number of carbonyl (C=O) groups is 1. The van der Waals surface area contributed by atoms with Crippen LogP contribution >= 0.6 is 24.8 Å². The molecule has 0 saturated heterocycles. The molecule has 4 nitrogen and oxygen atoms in total. The number of rotatable bonds is 7. The summed E-state index contributed by atoms with van der Waals surface area (Å²) in [6, 6.07) is 7.78. The number of hydrogen-bond acceptors (Lipinski definition) is 3. The van der Waals surface area contributed by atoms with Crippen molar-refractivity contribution in [3.05, 3.63) is 29.8 Å². The Morgan fingerprint density at radius 3 is 2.30 bits per heavy atom. The highest BCUT2D eigenvalue weighted by molar-refractivity contribution is 5.95. The van der Waals surface area contributed by atoms with Crippen molar-refractivity contribution in [3.8, 4) is 0 Å². The van der Waals surface area contributed by atoms with Crippen LogP contribution in [-0.4, -0.2) is 31.6 Å². The maximum absolute atomic E-state index is 12.4. The summed E-state index contributed by atoms with van der Waals surface area (Å²) >= 11 is 0. The van der Waals surface area contributed by atoms with Gasteiger partial charge in [-0.1, -0.05) is 6.92 Å². The van der Waals surface area contributed by atoms with Gasteiger partial charge in [-0.2, -0.15) is 0 Å². The van der Waals surface area contributed by atoms with Crippen molar-refractivity contribution < 1.29 is 4.79 Å². The van der Waals surface area contributed by atoms with E-state index >= 15 is 0 Å². The molecule has 1 aliphatic rings. The Bertz CT molecular complexity index is 491. The molecule has 0 bridgehead atoms. The second-order valence-corrected chi connectivity index (χ2v) is 6.32. The summed E-state index contributed by atoms with van der Waals surface area (Å²) in [6.07, 6.45) is 3.43. The first-order valence-electron chi connectivity index (χ1n) is 7.84. The fourth-order valence-electron chi connectivity index (χ4n) is 2.70. The van der Waals surface area contributed by atoms with E-state index in [0.29, 0.717) is 18.0 Å². The van der Waals surface area contributed by atoms with Crippen LogP contribution in [0.5, 0.6) is 0 Å². The number of hydrogen-bond donors (Lipinski definition) is 2. The summed E-state index contributed by atoms with van der Waals surface area (Å²) in [5.74, 6) is 0.501. The van der Waals surface area contributed by atoms with Gasteiger partial charge < -0.3 is 16.0 Å². The van der Waals surface area contributed by atoms with E-state index in [-0.39, 0.29) is 36.3 Å². The van der Waals surface area contributed by atoms with Gasteiger partial charge in [0.15, 0.2) is 0 Å². The topological polar surface area (TPSA) is 58.4 Å². The van der Waals surface area contributed by atoms with Crippen LogP contribution in [0.15, 0.2) is 24.3 Å². The number of halogens is 2. The number of nitrogens with two attached hydrogens (primary N) is 1. The molecule has 1 saturated carbocycles. The zero-order valence-electron chi connectivity index (χ0n) is 14.2. The maximum atomic E-state index is 12.4. The van der Waals surface area contributed by atoms with Gasteiger partial charge in [0.05, 0.1) is 5.54 Å². The summed E-state index contributed by atoms with van der Waals surface area (Å²) in [7, 11) is 2.07. The smallest absolute Gasteiger partial charge is 0.251 e. The summed E-state index contributed by atoms with van der Waals surface area (Å²) in [5.41, 5.74) is 7.42. The molecule has 0 spiro atoms. The largest absolute Gasteiger partial charge is 0.375 e. The molecule has 1 amide bonds.